The summed E-state index contributed by atoms with van der Waals surface area (Å²) in [6, 6.07) is 1.56. The molecule has 7 heteroatoms. The zero-order valence-corrected chi connectivity index (χ0v) is 13.5. The zero-order valence-electron chi connectivity index (χ0n) is 12.0. The van der Waals surface area contributed by atoms with E-state index in [4.69, 9.17) is 28.3 Å². The van der Waals surface area contributed by atoms with Gasteiger partial charge in [0.2, 0.25) is 0 Å². The van der Waals surface area contributed by atoms with E-state index >= 15 is 0 Å². The Morgan fingerprint density at radius 2 is 1.90 bits per heavy atom. The second-order valence-corrected chi connectivity index (χ2v) is 5.70. The first-order valence-electron chi connectivity index (χ1n) is 6.52. The molecule has 0 saturated heterocycles. The van der Waals surface area contributed by atoms with Gasteiger partial charge in [-0.3, -0.25) is 0 Å². The molecule has 0 aliphatic heterocycles. The highest BCUT2D eigenvalue weighted by Gasteiger charge is 2.25. The first-order valence-corrected chi connectivity index (χ1v) is 7.27. The maximum absolute atomic E-state index is 11.9. The van der Waals surface area contributed by atoms with Crippen LogP contribution in [0.4, 0.5) is 10.5 Å². The lowest BCUT2D eigenvalue weighted by molar-refractivity contribution is -0.140. The molecule has 0 spiro atoms. The van der Waals surface area contributed by atoms with Gasteiger partial charge in [0.15, 0.2) is 0 Å². The molecule has 5 nitrogen and oxygen atoms in total. The molecule has 0 aliphatic rings. The van der Waals surface area contributed by atoms with Crippen molar-refractivity contribution in [3.63, 3.8) is 0 Å². The third-order valence-electron chi connectivity index (χ3n) is 3.26. The Kier molecular flexibility index (Phi) is 6.30. The number of hydrogen-bond acceptors (Lipinski definition) is 2. The van der Waals surface area contributed by atoms with Crippen LogP contribution < -0.4 is 10.6 Å². The van der Waals surface area contributed by atoms with E-state index in [2.05, 4.69) is 10.6 Å². The molecule has 2 atom stereocenters. The summed E-state index contributed by atoms with van der Waals surface area (Å²) in [6.07, 6.45) is 0.633. The largest absolute Gasteiger partial charge is 0.480 e. The minimum Gasteiger partial charge on any atom is -0.480 e. The number of urea groups is 1. The summed E-state index contributed by atoms with van der Waals surface area (Å²) < 4.78 is 0. The monoisotopic (exact) mass is 332 g/mol. The van der Waals surface area contributed by atoms with E-state index in [-0.39, 0.29) is 5.92 Å². The predicted molar refractivity (Wildman–Crippen MR) is 84.2 cm³/mol. The summed E-state index contributed by atoms with van der Waals surface area (Å²) in [5.74, 6) is -1.27. The maximum Gasteiger partial charge on any atom is 0.326 e. The number of nitrogens with one attached hydrogen (secondary N) is 2. The average Bonchev–Trinajstić information content (AvgIpc) is 2.41. The average molecular weight is 333 g/mol. The summed E-state index contributed by atoms with van der Waals surface area (Å²) in [7, 11) is 0. The van der Waals surface area contributed by atoms with Gasteiger partial charge in [0.1, 0.15) is 6.04 Å². The van der Waals surface area contributed by atoms with Crippen LogP contribution in [0.3, 0.4) is 0 Å². The first-order chi connectivity index (χ1) is 9.76. The van der Waals surface area contributed by atoms with Crippen molar-refractivity contribution in [1.82, 2.24) is 5.32 Å². The molecule has 1 aromatic rings. The summed E-state index contributed by atoms with van der Waals surface area (Å²) >= 11 is 12.0. The van der Waals surface area contributed by atoms with Gasteiger partial charge in [0.25, 0.3) is 0 Å². The Morgan fingerprint density at radius 3 is 2.43 bits per heavy atom. The van der Waals surface area contributed by atoms with Gasteiger partial charge in [-0.1, -0.05) is 43.5 Å². The van der Waals surface area contributed by atoms with E-state index in [1.807, 2.05) is 6.92 Å². The summed E-state index contributed by atoms with van der Waals surface area (Å²) in [5, 5.41) is 14.9. The lowest BCUT2D eigenvalue weighted by Crippen LogP contribution is -2.46. The number of carboxylic acids is 1. The molecule has 2 amide bonds. The van der Waals surface area contributed by atoms with E-state index in [1.165, 1.54) is 6.07 Å². The molecule has 0 aliphatic carbocycles. The van der Waals surface area contributed by atoms with Gasteiger partial charge < -0.3 is 15.7 Å². The number of aliphatic carboxylic acids is 1. The van der Waals surface area contributed by atoms with Crippen molar-refractivity contribution in [2.75, 3.05) is 5.32 Å². The standard InChI is InChI=1S/C14H18Cl2N2O3/c1-4-7(2)12(13(19)20)18-14(21)17-11-6-9(15)8(3)5-10(11)16/h5-7,12H,4H2,1-3H3,(H,19,20)(H2,17,18,21)/t7-,12-/m0/s1. The van der Waals surface area contributed by atoms with Crippen molar-refractivity contribution >= 4 is 40.9 Å². The Morgan fingerprint density at radius 1 is 1.29 bits per heavy atom. The highest BCUT2D eigenvalue weighted by Crippen LogP contribution is 2.28. The fourth-order valence-electron chi connectivity index (χ4n) is 1.72. The van der Waals surface area contributed by atoms with Gasteiger partial charge in [0, 0.05) is 5.02 Å². The number of anilines is 1. The summed E-state index contributed by atoms with van der Waals surface area (Å²) in [4.78, 5) is 23.1. The van der Waals surface area contributed by atoms with Crippen LogP contribution in [0.2, 0.25) is 10.0 Å². The molecule has 0 radical (unpaired) electrons. The van der Waals surface area contributed by atoms with Crippen LogP contribution in [0.5, 0.6) is 0 Å². The third-order valence-corrected chi connectivity index (χ3v) is 3.98. The quantitative estimate of drug-likeness (QED) is 0.764. The molecule has 1 aromatic carbocycles. The molecule has 21 heavy (non-hydrogen) atoms. The van der Waals surface area contributed by atoms with E-state index in [9.17, 15) is 9.59 Å². The van der Waals surface area contributed by atoms with Gasteiger partial charge in [-0.25, -0.2) is 9.59 Å². The van der Waals surface area contributed by atoms with Crippen LogP contribution in [0.25, 0.3) is 0 Å². The summed E-state index contributed by atoms with van der Waals surface area (Å²) in [5.41, 5.74) is 1.12. The molecular weight excluding hydrogens is 315 g/mol. The Balaban J connectivity index is 2.81. The van der Waals surface area contributed by atoms with Gasteiger partial charge >= 0.3 is 12.0 Å². The number of carbonyl (C=O) groups excluding carboxylic acids is 1. The van der Waals surface area contributed by atoms with Crippen LogP contribution in [0.1, 0.15) is 25.8 Å². The fraction of sp³-hybridized carbons (Fsp3) is 0.429. The molecule has 0 saturated carbocycles. The maximum atomic E-state index is 11.9. The number of carbonyl (C=O) groups is 2. The van der Waals surface area contributed by atoms with Crippen molar-refractivity contribution in [1.29, 1.82) is 0 Å². The zero-order chi connectivity index (χ0) is 16.2. The van der Waals surface area contributed by atoms with Gasteiger partial charge in [0.05, 0.1) is 10.7 Å². The number of benzene rings is 1. The van der Waals surface area contributed by atoms with Gasteiger partial charge in [-0.2, -0.15) is 0 Å². The molecule has 0 fully saturated rings. The highest BCUT2D eigenvalue weighted by molar-refractivity contribution is 6.36. The first kappa shape index (κ1) is 17.6. The Bertz CT molecular complexity index is 549. The number of halogens is 2. The van der Waals surface area contributed by atoms with Crippen LogP contribution in [-0.2, 0) is 4.79 Å². The third kappa shape index (κ3) is 4.79. The van der Waals surface area contributed by atoms with Crippen LogP contribution in [0.15, 0.2) is 12.1 Å². The van der Waals surface area contributed by atoms with E-state index < -0.39 is 18.0 Å². The number of amides is 2. The number of carboxylic acid groups (broad SMARTS) is 1. The van der Waals surface area contributed by atoms with Crippen molar-refractivity contribution in [2.24, 2.45) is 5.92 Å². The van der Waals surface area contributed by atoms with Gasteiger partial charge in [-0.15, -0.1) is 0 Å². The molecule has 0 unspecified atom stereocenters. The normalized spacial score (nSPS) is 13.4. The predicted octanol–water partition coefficient (Wildman–Crippen LogP) is 3.92. The molecule has 0 heterocycles. The van der Waals surface area contributed by atoms with E-state index in [0.29, 0.717) is 22.2 Å². The van der Waals surface area contributed by atoms with Crippen LogP contribution in [-0.4, -0.2) is 23.1 Å². The number of hydrogen-bond donors (Lipinski definition) is 3. The molecular formula is C14H18Cl2N2O3. The Hall–Kier alpha value is -1.46. The van der Waals surface area contributed by atoms with Crippen LogP contribution in [0, 0.1) is 12.8 Å². The molecule has 0 bridgehead atoms. The highest BCUT2D eigenvalue weighted by atomic mass is 35.5. The lowest BCUT2D eigenvalue weighted by atomic mass is 9.99. The SMILES string of the molecule is CC[C@H](C)[C@H](NC(=O)Nc1cc(Cl)c(C)cc1Cl)C(=O)O. The molecule has 0 aromatic heterocycles. The summed E-state index contributed by atoms with van der Waals surface area (Å²) in [6.45, 7) is 5.41. The van der Waals surface area contributed by atoms with E-state index in [0.717, 1.165) is 5.56 Å². The smallest absolute Gasteiger partial charge is 0.326 e. The lowest BCUT2D eigenvalue weighted by Gasteiger charge is -2.20. The fourth-order valence-corrected chi connectivity index (χ4v) is 2.15. The molecule has 3 N–H and O–H groups in total. The number of aryl methyl sites for hydroxylation is 1. The number of rotatable bonds is 5. The second kappa shape index (κ2) is 7.52. The molecule has 1 rings (SSSR count). The van der Waals surface area contributed by atoms with Crippen molar-refractivity contribution in [3.8, 4) is 0 Å². The van der Waals surface area contributed by atoms with Crippen LogP contribution >= 0.6 is 23.2 Å². The van der Waals surface area contributed by atoms with Gasteiger partial charge in [-0.05, 0) is 30.5 Å². The van der Waals surface area contributed by atoms with Crippen molar-refractivity contribution in [2.45, 2.75) is 33.2 Å². The second-order valence-electron chi connectivity index (χ2n) is 4.88. The minimum atomic E-state index is -1.08. The topological polar surface area (TPSA) is 78.4 Å². The van der Waals surface area contributed by atoms with Crippen molar-refractivity contribution < 1.29 is 14.7 Å². The van der Waals surface area contributed by atoms with E-state index in [1.54, 1.807) is 19.9 Å². The van der Waals surface area contributed by atoms with Crippen molar-refractivity contribution in [3.05, 3.63) is 27.7 Å². The molecule has 116 valence electrons. The minimum absolute atomic E-state index is 0.190. The Labute approximate surface area is 133 Å².